The first-order valence-electron chi connectivity index (χ1n) is 5.78. The van der Waals surface area contributed by atoms with Crippen LogP contribution in [0.2, 0.25) is 0 Å². The fraction of sp³-hybridized carbons (Fsp3) is 0.0769. The van der Waals surface area contributed by atoms with Crippen molar-refractivity contribution < 1.29 is 9.34 Å². The second kappa shape index (κ2) is 4.86. The third-order valence-corrected chi connectivity index (χ3v) is 3.42. The van der Waals surface area contributed by atoms with Crippen LogP contribution in [0.4, 0.5) is 5.69 Å². The van der Waals surface area contributed by atoms with E-state index in [9.17, 15) is 10.1 Å². The first kappa shape index (κ1) is 12.5. The van der Waals surface area contributed by atoms with Crippen LogP contribution in [0.5, 0.6) is 0 Å². The minimum atomic E-state index is -0.419. The molecule has 0 saturated heterocycles. The number of aromatic nitrogens is 2. The van der Waals surface area contributed by atoms with E-state index in [4.69, 9.17) is 4.42 Å². The van der Waals surface area contributed by atoms with Gasteiger partial charge in [0.2, 0.25) is 0 Å². The highest BCUT2D eigenvalue weighted by molar-refractivity contribution is 7.03. The molecule has 2 aromatic heterocycles. The summed E-state index contributed by atoms with van der Waals surface area (Å²) in [6.45, 7) is 1.80. The van der Waals surface area contributed by atoms with Gasteiger partial charge in [-0.1, -0.05) is 16.6 Å². The van der Waals surface area contributed by atoms with Gasteiger partial charge in [0.15, 0.2) is 0 Å². The monoisotopic (exact) mass is 287 g/mol. The molecule has 3 aromatic rings. The lowest BCUT2D eigenvalue weighted by Crippen LogP contribution is -1.90. The highest BCUT2D eigenvalue weighted by atomic mass is 32.1. The molecule has 0 aliphatic heterocycles. The molecule has 0 aliphatic rings. The van der Waals surface area contributed by atoms with Crippen LogP contribution in [0.25, 0.3) is 22.6 Å². The molecule has 20 heavy (non-hydrogen) atoms. The molecule has 2 heterocycles. The Kier molecular flexibility index (Phi) is 3.03. The van der Waals surface area contributed by atoms with Gasteiger partial charge in [0.25, 0.3) is 5.69 Å². The van der Waals surface area contributed by atoms with Crippen molar-refractivity contribution in [3.05, 3.63) is 51.6 Å². The van der Waals surface area contributed by atoms with E-state index in [1.807, 2.05) is 0 Å². The maximum Gasteiger partial charge on any atom is 0.280 e. The molecular weight excluding hydrogens is 278 g/mol. The number of hydrogen-bond donors (Lipinski definition) is 0. The van der Waals surface area contributed by atoms with Crippen molar-refractivity contribution in [2.45, 2.75) is 6.92 Å². The van der Waals surface area contributed by atoms with E-state index in [1.165, 1.54) is 17.6 Å². The van der Waals surface area contributed by atoms with Gasteiger partial charge in [0.05, 0.1) is 10.5 Å². The molecule has 0 radical (unpaired) electrons. The quantitative estimate of drug-likeness (QED) is 0.542. The Morgan fingerprint density at radius 2 is 2.10 bits per heavy atom. The third kappa shape index (κ3) is 2.08. The van der Waals surface area contributed by atoms with Crippen LogP contribution in [0.3, 0.4) is 0 Å². The number of nitro groups is 1. The van der Waals surface area contributed by atoms with Crippen molar-refractivity contribution in [2.75, 3.05) is 0 Å². The summed E-state index contributed by atoms with van der Waals surface area (Å²) in [6, 6.07) is 8.25. The lowest BCUT2D eigenvalue weighted by Gasteiger charge is -1.98. The van der Waals surface area contributed by atoms with E-state index in [0.29, 0.717) is 22.8 Å². The average molecular weight is 287 g/mol. The van der Waals surface area contributed by atoms with Crippen molar-refractivity contribution in [2.24, 2.45) is 0 Å². The summed E-state index contributed by atoms with van der Waals surface area (Å²) < 4.78 is 9.46. The molecule has 0 amide bonds. The van der Waals surface area contributed by atoms with Crippen LogP contribution in [0.15, 0.2) is 40.1 Å². The van der Waals surface area contributed by atoms with Gasteiger partial charge in [-0.15, -0.1) is 5.10 Å². The van der Waals surface area contributed by atoms with Gasteiger partial charge in [0, 0.05) is 17.0 Å². The fourth-order valence-corrected chi connectivity index (χ4v) is 2.45. The Balaban J connectivity index is 2.13. The molecule has 0 unspecified atom stereocenters. The summed E-state index contributed by atoms with van der Waals surface area (Å²) in [5.74, 6) is 1.11. The summed E-state index contributed by atoms with van der Waals surface area (Å²) in [6.07, 6.45) is 0. The maximum atomic E-state index is 11.1. The van der Waals surface area contributed by atoms with Gasteiger partial charge in [-0.3, -0.25) is 10.1 Å². The topological polar surface area (TPSA) is 82.1 Å². The Labute approximate surface area is 118 Å². The maximum absolute atomic E-state index is 11.1. The number of rotatable bonds is 3. The van der Waals surface area contributed by atoms with Crippen molar-refractivity contribution in [1.29, 1.82) is 0 Å². The fourth-order valence-electron chi connectivity index (χ4n) is 1.99. The zero-order valence-corrected chi connectivity index (χ0v) is 11.3. The number of para-hydroxylation sites is 1. The normalized spacial score (nSPS) is 10.7. The minimum Gasteiger partial charge on any atom is -0.460 e. The van der Waals surface area contributed by atoms with Gasteiger partial charge in [-0.25, -0.2) is 0 Å². The lowest BCUT2D eigenvalue weighted by molar-refractivity contribution is -0.384. The number of furan rings is 1. The van der Waals surface area contributed by atoms with E-state index >= 15 is 0 Å². The zero-order chi connectivity index (χ0) is 14.1. The molecular formula is C13H9N3O3S. The van der Waals surface area contributed by atoms with Crippen LogP contribution in [-0.4, -0.2) is 14.5 Å². The highest BCUT2D eigenvalue weighted by Crippen LogP contribution is 2.35. The molecule has 6 nitrogen and oxygen atoms in total. The molecule has 100 valence electrons. The Hall–Kier alpha value is -2.54. The predicted molar refractivity (Wildman–Crippen MR) is 74.4 cm³/mol. The molecule has 7 heteroatoms. The summed E-state index contributed by atoms with van der Waals surface area (Å²) in [7, 11) is 0. The van der Waals surface area contributed by atoms with Gasteiger partial charge in [-0.05, 0) is 30.6 Å². The average Bonchev–Trinajstić information content (AvgIpc) is 3.07. The molecule has 0 N–H and O–H groups in total. The number of nitrogens with zero attached hydrogens (tertiary/aromatic N) is 3. The zero-order valence-electron chi connectivity index (χ0n) is 10.4. The van der Waals surface area contributed by atoms with E-state index in [-0.39, 0.29) is 5.69 Å². The molecule has 0 aliphatic carbocycles. The van der Waals surface area contributed by atoms with E-state index in [2.05, 4.69) is 9.59 Å². The first-order chi connectivity index (χ1) is 9.66. The van der Waals surface area contributed by atoms with Crippen molar-refractivity contribution >= 4 is 17.2 Å². The number of hydrogen-bond acceptors (Lipinski definition) is 6. The highest BCUT2D eigenvalue weighted by Gasteiger charge is 2.20. The molecule has 0 atom stereocenters. The van der Waals surface area contributed by atoms with E-state index < -0.39 is 4.92 Å². The number of nitro benzene ring substituents is 1. The Bertz CT molecular complexity index is 765. The van der Waals surface area contributed by atoms with E-state index in [0.717, 1.165) is 5.56 Å². The molecule has 0 fully saturated rings. The van der Waals surface area contributed by atoms with Crippen molar-refractivity contribution in [3.8, 4) is 22.6 Å². The summed E-state index contributed by atoms with van der Waals surface area (Å²) in [4.78, 5) is 10.6. The molecule has 0 spiro atoms. The second-order valence-corrected chi connectivity index (χ2v) is 4.75. The summed E-state index contributed by atoms with van der Waals surface area (Å²) >= 11 is 1.25. The van der Waals surface area contributed by atoms with Gasteiger partial charge in [0.1, 0.15) is 17.2 Å². The lowest BCUT2D eigenvalue weighted by atomic mass is 10.1. The predicted octanol–water partition coefficient (Wildman–Crippen LogP) is 3.68. The molecule has 0 saturated carbocycles. The van der Waals surface area contributed by atoms with E-state index in [1.54, 1.807) is 36.6 Å². The standard InChI is InChI=1S/C13H9N3O3S/c1-8-10(11-7-20-15-14-11)6-13(19-8)9-4-2-3-5-12(9)16(17)18/h2-7H,1H3. The second-order valence-electron chi connectivity index (χ2n) is 4.14. The van der Waals surface area contributed by atoms with Gasteiger partial charge in [-0.2, -0.15) is 0 Å². The molecule has 0 bridgehead atoms. The number of aryl methyl sites for hydroxylation is 1. The summed E-state index contributed by atoms with van der Waals surface area (Å²) in [5.41, 5.74) is 1.98. The van der Waals surface area contributed by atoms with Crippen LogP contribution in [0.1, 0.15) is 5.76 Å². The van der Waals surface area contributed by atoms with Crippen molar-refractivity contribution in [3.63, 3.8) is 0 Å². The SMILES string of the molecule is Cc1oc(-c2ccccc2[N+](=O)[O-])cc1-c1csnn1. The largest absolute Gasteiger partial charge is 0.460 e. The van der Waals surface area contributed by atoms with Gasteiger partial charge >= 0.3 is 0 Å². The Morgan fingerprint density at radius 1 is 1.30 bits per heavy atom. The third-order valence-electron chi connectivity index (χ3n) is 2.92. The smallest absolute Gasteiger partial charge is 0.280 e. The van der Waals surface area contributed by atoms with Crippen LogP contribution < -0.4 is 0 Å². The van der Waals surface area contributed by atoms with Crippen LogP contribution in [-0.2, 0) is 0 Å². The Morgan fingerprint density at radius 3 is 2.80 bits per heavy atom. The van der Waals surface area contributed by atoms with Crippen LogP contribution >= 0.6 is 11.5 Å². The van der Waals surface area contributed by atoms with Gasteiger partial charge < -0.3 is 4.42 Å². The summed E-state index contributed by atoms with van der Waals surface area (Å²) in [5, 5.41) is 16.9. The minimum absolute atomic E-state index is 0.0178. The molecule has 3 rings (SSSR count). The van der Waals surface area contributed by atoms with Crippen LogP contribution in [0, 0.1) is 17.0 Å². The first-order valence-corrected chi connectivity index (χ1v) is 6.62. The molecule has 1 aromatic carbocycles. The number of benzene rings is 1. The van der Waals surface area contributed by atoms with Crippen molar-refractivity contribution in [1.82, 2.24) is 9.59 Å².